The van der Waals surface area contributed by atoms with Gasteiger partial charge < -0.3 is 9.53 Å². The smallest absolute Gasteiger partial charge is 0.125 e. The van der Waals surface area contributed by atoms with E-state index in [1.807, 2.05) is 19.9 Å². The van der Waals surface area contributed by atoms with Crippen LogP contribution in [0.15, 0.2) is 12.7 Å². The molecule has 68 valence electrons. The third kappa shape index (κ3) is 1.75. The fourth-order valence-corrected chi connectivity index (χ4v) is 1.50. The molecule has 1 rings (SSSR count). The van der Waals surface area contributed by atoms with Crippen LogP contribution in [0, 0.1) is 5.92 Å². The van der Waals surface area contributed by atoms with Crippen molar-refractivity contribution in [2.75, 3.05) is 0 Å². The van der Waals surface area contributed by atoms with E-state index in [2.05, 4.69) is 6.58 Å². The van der Waals surface area contributed by atoms with Gasteiger partial charge in [-0.3, -0.25) is 0 Å². The minimum atomic E-state index is -0.206. The Balaban J connectivity index is 2.55. The van der Waals surface area contributed by atoms with Gasteiger partial charge in [0.15, 0.2) is 0 Å². The fourth-order valence-electron chi connectivity index (χ4n) is 1.50. The van der Waals surface area contributed by atoms with Gasteiger partial charge >= 0.3 is 0 Å². The van der Waals surface area contributed by atoms with Gasteiger partial charge in [0, 0.05) is 5.92 Å². The third-order valence-corrected chi connectivity index (χ3v) is 2.58. The van der Waals surface area contributed by atoms with Crippen LogP contribution in [0.4, 0.5) is 0 Å². The van der Waals surface area contributed by atoms with Gasteiger partial charge in [-0.15, -0.1) is 6.58 Å². The molecule has 1 heterocycles. The van der Waals surface area contributed by atoms with E-state index < -0.39 is 0 Å². The van der Waals surface area contributed by atoms with Gasteiger partial charge in [-0.1, -0.05) is 13.0 Å². The number of ether oxygens (including phenoxy) is 1. The fraction of sp³-hybridized carbons (Fsp3) is 0.700. The maximum atomic E-state index is 10.5. The molecule has 0 aliphatic carbocycles. The summed E-state index contributed by atoms with van der Waals surface area (Å²) in [6.45, 7) is 7.63. The zero-order valence-electron chi connectivity index (χ0n) is 7.75. The standard InChI is InChI=1S/C10H16O2/c1-4-10(3)6-5-9(12-10)8(2)7-11/h4,7-9H,1,5-6H2,2-3H3/t8-,9+,10-/m0/s1. The molecule has 0 aromatic rings. The number of carbonyl (C=O) groups excluding carboxylic acids is 1. The van der Waals surface area contributed by atoms with Crippen LogP contribution in [0.25, 0.3) is 0 Å². The van der Waals surface area contributed by atoms with E-state index in [1.54, 1.807) is 0 Å². The number of aldehydes is 1. The van der Waals surface area contributed by atoms with Gasteiger partial charge in [-0.25, -0.2) is 0 Å². The van der Waals surface area contributed by atoms with Crippen LogP contribution in [0.5, 0.6) is 0 Å². The summed E-state index contributed by atoms with van der Waals surface area (Å²) in [5.41, 5.74) is -0.206. The Morgan fingerprint density at radius 3 is 2.83 bits per heavy atom. The van der Waals surface area contributed by atoms with Crippen molar-refractivity contribution in [3.63, 3.8) is 0 Å². The van der Waals surface area contributed by atoms with Crippen LogP contribution in [-0.4, -0.2) is 18.0 Å². The van der Waals surface area contributed by atoms with Crippen molar-refractivity contribution in [3.05, 3.63) is 12.7 Å². The van der Waals surface area contributed by atoms with Gasteiger partial charge in [0.25, 0.3) is 0 Å². The second-order valence-electron chi connectivity index (χ2n) is 3.71. The topological polar surface area (TPSA) is 26.3 Å². The lowest BCUT2D eigenvalue weighted by Crippen LogP contribution is -2.25. The number of hydrogen-bond donors (Lipinski definition) is 0. The minimum absolute atomic E-state index is 0.00627. The normalized spacial score (nSPS) is 37.7. The van der Waals surface area contributed by atoms with Crippen molar-refractivity contribution >= 4 is 6.29 Å². The predicted octanol–water partition coefficient (Wildman–Crippen LogP) is 1.95. The predicted molar refractivity (Wildman–Crippen MR) is 47.9 cm³/mol. The first-order valence-electron chi connectivity index (χ1n) is 4.38. The molecule has 1 saturated heterocycles. The van der Waals surface area contributed by atoms with E-state index in [9.17, 15) is 4.79 Å². The molecule has 0 unspecified atom stereocenters. The summed E-state index contributed by atoms with van der Waals surface area (Å²) in [7, 11) is 0. The Morgan fingerprint density at radius 1 is 1.75 bits per heavy atom. The lowest BCUT2D eigenvalue weighted by Gasteiger charge is -2.21. The largest absolute Gasteiger partial charge is 0.367 e. The summed E-state index contributed by atoms with van der Waals surface area (Å²) < 4.78 is 5.70. The van der Waals surface area contributed by atoms with Crippen molar-refractivity contribution in [1.29, 1.82) is 0 Å². The van der Waals surface area contributed by atoms with Crippen molar-refractivity contribution in [2.24, 2.45) is 5.92 Å². The van der Waals surface area contributed by atoms with E-state index >= 15 is 0 Å². The molecule has 0 amide bonds. The minimum Gasteiger partial charge on any atom is -0.367 e. The SMILES string of the molecule is C=C[C@@]1(C)CC[C@H]([C@@H](C)C=O)O1. The number of rotatable bonds is 3. The van der Waals surface area contributed by atoms with Gasteiger partial charge in [-0.05, 0) is 19.8 Å². The molecule has 3 atom stereocenters. The first-order chi connectivity index (χ1) is 5.61. The van der Waals surface area contributed by atoms with Gasteiger partial charge in [-0.2, -0.15) is 0 Å². The van der Waals surface area contributed by atoms with Gasteiger partial charge in [0.05, 0.1) is 11.7 Å². The second-order valence-corrected chi connectivity index (χ2v) is 3.71. The molecule has 1 fully saturated rings. The molecule has 0 bridgehead atoms. The summed E-state index contributed by atoms with van der Waals surface area (Å²) >= 11 is 0. The highest BCUT2D eigenvalue weighted by molar-refractivity contribution is 5.53. The molecule has 1 aliphatic rings. The summed E-state index contributed by atoms with van der Waals surface area (Å²) in [5, 5.41) is 0. The molecular weight excluding hydrogens is 152 g/mol. The molecule has 2 heteroatoms. The monoisotopic (exact) mass is 168 g/mol. The Morgan fingerprint density at radius 2 is 2.42 bits per heavy atom. The molecule has 0 saturated carbocycles. The molecule has 1 aliphatic heterocycles. The average molecular weight is 168 g/mol. The molecule has 12 heavy (non-hydrogen) atoms. The van der Waals surface area contributed by atoms with Crippen LogP contribution < -0.4 is 0 Å². The quantitative estimate of drug-likeness (QED) is 0.475. The molecule has 0 aromatic heterocycles. The Bertz CT molecular complexity index is 188. The first-order valence-corrected chi connectivity index (χ1v) is 4.38. The van der Waals surface area contributed by atoms with Crippen LogP contribution in [0.1, 0.15) is 26.7 Å². The third-order valence-electron chi connectivity index (χ3n) is 2.58. The Kier molecular flexibility index (Phi) is 2.68. The van der Waals surface area contributed by atoms with Crippen LogP contribution in [-0.2, 0) is 9.53 Å². The van der Waals surface area contributed by atoms with Gasteiger partial charge in [0.2, 0.25) is 0 Å². The lowest BCUT2D eigenvalue weighted by molar-refractivity contribution is -0.115. The summed E-state index contributed by atoms with van der Waals surface area (Å²) in [6, 6.07) is 0. The number of hydrogen-bond acceptors (Lipinski definition) is 2. The Labute approximate surface area is 73.6 Å². The highest BCUT2D eigenvalue weighted by atomic mass is 16.5. The van der Waals surface area contributed by atoms with Gasteiger partial charge in [0.1, 0.15) is 6.29 Å². The van der Waals surface area contributed by atoms with Crippen molar-refractivity contribution in [2.45, 2.75) is 38.4 Å². The summed E-state index contributed by atoms with van der Waals surface area (Å²) in [6.07, 6.45) is 4.80. The van der Waals surface area contributed by atoms with E-state index in [-0.39, 0.29) is 17.6 Å². The van der Waals surface area contributed by atoms with Crippen LogP contribution >= 0.6 is 0 Å². The van der Waals surface area contributed by atoms with E-state index in [1.165, 1.54) is 0 Å². The molecule has 2 nitrogen and oxygen atoms in total. The molecule has 0 radical (unpaired) electrons. The van der Waals surface area contributed by atoms with E-state index in [0.717, 1.165) is 19.1 Å². The van der Waals surface area contributed by atoms with E-state index in [0.29, 0.717) is 0 Å². The van der Waals surface area contributed by atoms with Crippen LogP contribution in [0.3, 0.4) is 0 Å². The zero-order valence-corrected chi connectivity index (χ0v) is 7.75. The molecule has 0 aromatic carbocycles. The highest BCUT2D eigenvalue weighted by Crippen LogP contribution is 2.33. The highest BCUT2D eigenvalue weighted by Gasteiger charge is 2.35. The summed E-state index contributed by atoms with van der Waals surface area (Å²) in [4.78, 5) is 10.5. The summed E-state index contributed by atoms with van der Waals surface area (Å²) in [5.74, 6) is 0.00627. The van der Waals surface area contributed by atoms with Crippen LogP contribution in [0.2, 0.25) is 0 Å². The molecule has 0 N–H and O–H groups in total. The second kappa shape index (κ2) is 3.40. The first kappa shape index (κ1) is 9.46. The maximum Gasteiger partial charge on any atom is 0.125 e. The van der Waals surface area contributed by atoms with E-state index in [4.69, 9.17) is 4.74 Å². The zero-order chi connectivity index (χ0) is 9.19. The lowest BCUT2D eigenvalue weighted by atomic mass is 10.00. The maximum absolute atomic E-state index is 10.5. The molecule has 0 spiro atoms. The number of carbonyl (C=O) groups is 1. The van der Waals surface area contributed by atoms with Crippen molar-refractivity contribution in [1.82, 2.24) is 0 Å². The van der Waals surface area contributed by atoms with Crippen molar-refractivity contribution in [3.8, 4) is 0 Å². The average Bonchev–Trinajstić information content (AvgIpc) is 2.48. The Hall–Kier alpha value is -0.630. The van der Waals surface area contributed by atoms with Crippen molar-refractivity contribution < 1.29 is 9.53 Å². The molecular formula is C10H16O2.